The van der Waals surface area contributed by atoms with Crippen LogP contribution in [0, 0.1) is 39.9 Å². The van der Waals surface area contributed by atoms with E-state index < -0.39 is 45.8 Å². The molecule has 0 radical (unpaired) electrons. The van der Waals surface area contributed by atoms with E-state index in [1.807, 2.05) is 25.1 Å². The Labute approximate surface area is 232 Å². The van der Waals surface area contributed by atoms with Crippen LogP contribution in [0.25, 0.3) is 0 Å². The van der Waals surface area contributed by atoms with Gasteiger partial charge in [-0.05, 0) is 49.1 Å². The number of Topliss-reactive ketones (excluding diaryl/α,β-unsaturated/α-hetero) is 1. The first-order chi connectivity index (χ1) is 18.1. The van der Waals surface area contributed by atoms with Crippen molar-refractivity contribution in [2.24, 2.45) is 39.9 Å². The maximum absolute atomic E-state index is 14.9. The molecule has 1 aromatic rings. The normalized spacial score (nSPS) is 42.7. The van der Waals surface area contributed by atoms with Crippen molar-refractivity contribution in [1.82, 2.24) is 0 Å². The number of esters is 2. The van der Waals surface area contributed by atoms with Crippen molar-refractivity contribution in [3.63, 3.8) is 0 Å². The van der Waals surface area contributed by atoms with Crippen molar-refractivity contribution in [1.29, 1.82) is 0 Å². The van der Waals surface area contributed by atoms with Gasteiger partial charge in [-0.2, -0.15) is 0 Å². The van der Waals surface area contributed by atoms with Gasteiger partial charge in [0.15, 0.2) is 5.60 Å². The molecule has 3 aliphatic carbocycles. The van der Waals surface area contributed by atoms with Gasteiger partial charge in [-0.15, -0.1) is 0 Å². The minimum absolute atomic E-state index is 0.0618. The Bertz CT molecular complexity index is 1230. The SMILES string of the molecule is CC(=O)O[C@@]12COC1C[C@H](C)[C@@]1(C)C(=O)[C@H](C)C3=C(C)[C@@H](C)C[C@@](C)([C@@H](OC(=O)c4ccccc4)C21)C3(C)C. The molecule has 0 spiro atoms. The molecule has 6 heteroatoms. The second-order valence-corrected chi connectivity index (χ2v) is 13.8. The molecule has 1 saturated heterocycles. The number of hydrogen-bond acceptors (Lipinski definition) is 6. The van der Waals surface area contributed by atoms with Crippen molar-refractivity contribution < 1.29 is 28.6 Å². The molecular weight excluding hydrogens is 492 g/mol. The first-order valence-electron chi connectivity index (χ1n) is 14.5. The first-order valence-corrected chi connectivity index (χ1v) is 14.5. The van der Waals surface area contributed by atoms with Gasteiger partial charge >= 0.3 is 11.9 Å². The molecule has 0 N–H and O–H groups in total. The summed E-state index contributed by atoms with van der Waals surface area (Å²) < 4.78 is 19.0. The van der Waals surface area contributed by atoms with Gasteiger partial charge in [0.05, 0.1) is 18.1 Å². The summed E-state index contributed by atoms with van der Waals surface area (Å²) in [6.07, 6.45) is 0.346. The lowest BCUT2D eigenvalue weighted by Gasteiger charge is -2.69. The van der Waals surface area contributed by atoms with E-state index in [-0.39, 0.29) is 36.2 Å². The van der Waals surface area contributed by atoms with E-state index in [1.165, 1.54) is 12.5 Å². The van der Waals surface area contributed by atoms with E-state index in [9.17, 15) is 14.4 Å². The summed E-state index contributed by atoms with van der Waals surface area (Å²) in [7, 11) is 0. The van der Waals surface area contributed by atoms with E-state index in [4.69, 9.17) is 14.2 Å². The fourth-order valence-corrected chi connectivity index (χ4v) is 9.08. The molecule has 3 fully saturated rings. The quantitative estimate of drug-likeness (QED) is 0.339. The topological polar surface area (TPSA) is 78.9 Å². The molecule has 9 atom stereocenters. The van der Waals surface area contributed by atoms with Gasteiger partial charge in [-0.1, -0.05) is 77.8 Å². The van der Waals surface area contributed by atoms with Crippen LogP contribution in [0.1, 0.15) is 85.5 Å². The monoisotopic (exact) mass is 536 g/mol. The minimum atomic E-state index is -1.04. The Morgan fingerprint density at radius 1 is 1.03 bits per heavy atom. The van der Waals surface area contributed by atoms with Crippen LogP contribution < -0.4 is 0 Å². The molecule has 5 rings (SSSR count). The number of benzene rings is 1. The van der Waals surface area contributed by atoms with Gasteiger partial charge in [-0.25, -0.2) is 4.79 Å². The zero-order valence-electron chi connectivity index (χ0n) is 24.9. The smallest absolute Gasteiger partial charge is 0.338 e. The Balaban J connectivity index is 1.81. The molecule has 1 aromatic carbocycles. The first kappa shape index (κ1) is 28.1. The molecule has 2 bridgehead atoms. The van der Waals surface area contributed by atoms with Gasteiger partial charge < -0.3 is 14.2 Å². The highest BCUT2D eigenvalue weighted by atomic mass is 16.6. The van der Waals surface area contributed by atoms with Crippen LogP contribution in [0.2, 0.25) is 0 Å². The third-order valence-corrected chi connectivity index (χ3v) is 11.7. The number of ketones is 1. The van der Waals surface area contributed by atoms with E-state index in [0.717, 1.165) is 12.0 Å². The van der Waals surface area contributed by atoms with Gasteiger partial charge in [0.2, 0.25) is 0 Å². The summed E-state index contributed by atoms with van der Waals surface area (Å²) in [5.74, 6) is -1.42. The van der Waals surface area contributed by atoms with Gasteiger partial charge in [0.1, 0.15) is 18.0 Å². The number of allylic oxidation sites excluding steroid dienone is 2. The Morgan fingerprint density at radius 2 is 1.67 bits per heavy atom. The van der Waals surface area contributed by atoms with E-state index >= 15 is 0 Å². The largest absolute Gasteiger partial charge is 0.458 e. The lowest BCUT2D eigenvalue weighted by atomic mass is 9.39. The third-order valence-electron chi connectivity index (χ3n) is 11.7. The highest BCUT2D eigenvalue weighted by Gasteiger charge is 2.75. The van der Waals surface area contributed by atoms with Gasteiger partial charge in [0, 0.05) is 23.7 Å². The predicted octanol–water partition coefficient (Wildman–Crippen LogP) is 6.18. The zero-order chi connectivity index (χ0) is 28.7. The summed E-state index contributed by atoms with van der Waals surface area (Å²) in [4.78, 5) is 41.4. The van der Waals surface area contributed by atoms with Crippen molar-refractivity contribution in [3.05, 3.63) is 47.0 Å². The van der Waals surface area contributed by atoms with Crippen molar-refractivity contribution >= 4 is 17.7 Å². The number of carbonyl (C=O) groups excluding carboxylic acids is 3. The molecule has 0 aromatic heterocycles. The molecule has 1 aliphatic heterocycles. The van der Waals surface area contributed by atoms with Crippen LogP contribution in [-0.4, -0.2) is 42.1 Å². The van der Waals surface area contributed by atoms with Crippen LogP contribution in [0.15, 0.2) is 41.5 Å². The highest BCUT2D eigenvalue weighted by molar-refractivity contribution is 5.92. The second-order valence-electron chi connectivity index (χ2n) is 13.8. The summed E-state index contributed by atoms with van der Waals surface area (Å²) >= 11 is 0. The fraction of sp³-hybridized carbons (Fsp3) is 0.667. The summed E-state index contributed by atoms with van der Waals surface area (Å²) in [5.41, 5.74) is -0.0613. The summed E-state index contributed by atoms with van der Waals surface area (Å²) in [5, 5.41) is 0. The molecule has 39 heavy (non-hydrogen) atoms. The maximum atomic E-state index is 14.9. The number of rotatable bonds is 3. The molecule has 0 amide bonds. The minimum Gasteiger partial charge on any atom is -0.458 e. The Kier molecular flexibility index (Phi) is 6.49. The number of fused-ring (bicyclic) bond motifs is 5. The average molecular weight is 537 g/mol. The molecule has 2 unspecified atom stereocenters. The fourth-order valence-electron chi connectivity index (χ4n) is 9.08. The average Bonchev–Trinajstić information content (AvgIpc) is 2.87. The van der Waals surface area contributed by atoms with Gasteiger partial charge in [-0.3, -0.25) is 9.59 Å². The number of ether oxygens (including phenoxy) is 3. The third kappa shape index (κ3) is 3.66. The number of carbonyl (C=O) groups is 3. The van der Waals surface area contributed by atoms with E-state index in [1.54, 1.807) is 12.1 Å². The molecule has 6 nitrogen and oxygen atoms in total. The van der Waals surface area contributed by atoms with Crippen molar-refractivity contribution in [3.8, 4) is 0 Å². The van der Waals surface area contributed by atoms with Crippen LogP contribution >= 0.6 is 0 Å². The second kappa shape index (κ2) is 9.02. The molecule has 1 heterocycles. The summed E-state index contributed by atoms with van der Waals surface area (Å²) in [6.45, 7) is 18.8. The van der Waals surface area contributed by atoms with Crippen LogP contribution in [0.4, 0.5) is 0 Å². The molecule has 2 saturated carbocycles. The van der Waals surface area contributed by atoms with Gasteiger partial charge in [0.25, 0.3) is 0 Å². The molecule has 4 aliphatic rings. The van der Waals surface area contributed by atoms with E-state index in [2.05, 4.69) is 48.5 Å². The maximum Gasteiger partial charge on any atom is 0.338 e. The van der Waals surface area contributed by atoms with E-state index in [0.29, 0.717) is 12.0 Å². The van der Waals surface area contributed by atoms with Crippen LogP contribution in [0.5, 0.6) is 0 Å². The molecular formula is C33H44O6. The highest BCUT2D eigenvalue weighted by Crippen LogP contribution is 2.69. The van der Waals surface area contributed by atoms with Crippen molar-refractivity contribution in [2.75, 3.05) is 6.61 Å². The number of hydrogen-bond donors (Lipinski definition) is 0. The van der Waals surface area contributed by atoms with Crippen molar-refractivity contribution in [2.45, 2.75) is 93.0 Å². The Hall–Kier alpha value is -2.47. The zero-order valence-corrected chi connectivity index (χ0v) is 24.9. The Morgan fingerprint density at radius 3 is 2.23 bits per heavy atom. The lowest BCUT2D eigenvalue weighted by molar-refractivity contribution is -0.334. The lowest BCUT2D eigenvalue weighted by Crippen LogP contribution is -2.78. The molecule has 212 valence electrons. The summed E-state index contributed by atoms with van der Waals surface area (Å²) in [6, 6.07) is 9.02. The van der Waals surface area contributed by atoms with Crippen LogP contribution in [0.3, 0.4) is 0 Å². The van der Waals surface area contributed by atoms with Crippen LogP contribution in [-0.2, 0) is 23.8 Å². The standard InChI is InChI=1S/C33H44O6/c1-18-16-31(8)28(38-29(36)23-13-11-10-12-14-23)26-32(9,27(35)21(4)25(20(18)3)30(31,6)7)19(2)15-24-33(26,17-37-24)39-22(5)34/h10-14,18-19,21,24,26,28H,15-17H2,1-9H3/t18-,19-,21+,24?,26?,28-,31-,32+,33-/m0/s1. The predicted molar refractivity (Wildman–Crippen MR) is 148 cm³/mol.